The number of likely N-dealkylation sites (N-methyl/N-ethyl adjacent to an activating group) is 1. The van der Waals surface area contributed by atoms with E-state index in [4.69, 9.17) is 4.74 Å². The lowest BCUT2D eigenvalue weighted by Crippen LogP contribution is -2.45. The number of aromatic nitrogens is 2. The van der Waals surface area contributed by atoms with Crippen molar-refractivity contribution in [2.45, 2.75) is 13.5 Å². The summed E-state index contributed by atoms with van der Waals surface area (Å²) in [5.41, 5.74) is 2.14. The molecule has 1 aliphatic rings. The van der Waals surface area contributed by atoms with Crippen LogP contribution in [0.5, 0.6) is 5.75 Å². The van der Waals surface area contributed by atoms with Gasteiger partial charge < -0.3 is 19.4 Å². The molecule has 29 heavy (non-hydrogen) atoms. The van der Waals surface area contributed by atoms with Crippen LogP contribution in [0.25, 0.3) is 0 Å². The first-order chi connectivity index (χ1) is 14.0. The van der Waals surface area contributed by atoms with Gasteiger partial charge in [-0.1, -0.05) is 24.3 Å². The maximum atomic E-state index is 13.2. The quantitative estimate of drug-likeness (QED) is 0.671. The highest BCUT2D eigenvalue weighted by atomic mass is 16.5. The van der Waals surface area contributed by atoms with Crippen LogP contribution >= 0.6 is 0 Å². The fourth-order valence-corrected chi connectivity index (χ4v) is 3.41. The smallest absolute Gasteiger partial charge is 0.257 e. The van der Waals surface area contributed by atoms with Crippen molar-refractivity contribution < 1.29 is 9.53 Å². The Bertz CT molecular complexity index is 862. The third kappa shape index (κ3) is 4.92. The number of hydrogen-bond donors (Lipinski definition) is 0. The zero-order valence-electron chi connectivity index (χ0n) is 17.5. The fourth-order valence-electron chi connectivity index (χ4n) is 3.41. The first-order valence-corrected chi connectivity index (χ1v) is 9.82. The summed E-state index contributed by atoms with van der Waals surface area (Å²) in [6.07, 6.45) is 3.37. The molecule has 154 valence electrons. The molecule has 0 spiro atoms. The average molecular weight is 396 g/mol. The number of anilines is 1. The van der Waals surface area contributed by atoms with Crippen LogP contribution in [0.15, 0.2) is 43.1 Å². The van der Waals surface area contributed by atoms with Crippen molar-refractivity contribution in [3.05, 3.63) is 59.9 Å². The summed E-state index contributed by atoms with van der Waals surface area (Å²) in [7, 11) is 3.74. The average Bonchev–Trinajstić information content (AvgIpc) is 2.74. The lowest BCUT2D eigenvalue weighted by molar-refractivity contribution is 0.0760. The van der Waals surface area contributed by atoms with Crippen molar-refractivity contribution in [2.75, 3.05) is 51.8 Å². The highest BCUT2D eigenvalue weighted by Gasteiger charge is 2.22. The number of nitrogens with zero attached hydrogens (tertiary/aromatic N) is 5. The molecule has 2 aromatic rings. The van der Waals surface area contributed by atoms with E-state index >= 15 is 0 Å². The van der Waals surface area contributed by atoms with E-state index in [0.717, 1.165) is 37.5 Å². The Hall–Kier alpha value is -2.93. The van der Waals surface area contributed by atoms with E-state index in [2.05, 4.69) is 33.4 Å². The van der Waals surface area contributed by atoms with Gasteiger partial charge >= 0.3 is 0 Å². The summed E-state index contributed by atoms with van der Waals surface area (Å²) in [4.78, 5) is 28.5. The van der Waals surface area contributed by atoms with E-state index in [1.54, 1.807) is 24.3 Å². The van der Waals surface area contributed by atoms with Crippen molar-refractivity contribution in [1.29, 1.82) is 0 Å². The van der Waals surface area contributed by atoms with Crippen molar-refractivity contribution in [3.63, 3.8) is 0 Å². The van der Waals surface area contributed by atoms with E-state index in [1.165, 1.54) is 0 Å². The summed E-state index contributed by atoms with van der Waals surface area (Å²) in [6.45, 7) is 10.3. The second kappa shape index (κ2) is 9.52. The molecule has 1 fully saturated rings. The minimum Gasteiger partial charge on any atom is -0.496 e. The largest absolute Gasteiger partial charge is 0.496 e. The van der Waals surface area contributed by atoms with Gasteiger partial charge in [0.1, 0.15) is 5.75 Å². The molecule has 0 radical (unpaired) electrons. The number of ether oxygens (including phenoxy) is 1. The Morgan fingerprint density at radius 3 is 2.66 bits per heavy atom. The number of rotatable bonds is 7. The third-order valence-electron chi connectivity index (χ3n) is 5.17. The summed E-state index contributed by atoms with van der Waals surface area (Å²) in [5, 5.41) is 0. The van der Waals surface area contributed by atoms with E-state index in [-0.39, 0.29) is 5.91 Å². The highest BCUT2D eigenvalue weighted by molar-refractivity contribution is 5.95. The zero-order valence-corrected chi connectivity index (χ0v) is 17.5. The molecule has 1 saturated heterocycles. The number of carbonyl (C=O) groups excluding carboxylic acids is 1. The fraction of sp³-hybridized carbons (Fsp3) is 0.409. The minimum atomic E-state index is -0.113. The number of carbonyl (C=O) groups is 1. The Labute approximate surface area is 172 Å². The van der Waals surface area contributed by atoms with Gasteiger partial charge in [0.2, 0.25) is 5.95 Å². The van der Waals surface area contributed by atoms with Crippen LogP contribution in [0.3, 0.4) is 0 Å². The van der Waals surface area contributed by atoms with Gasteiger partial charge in [-0.05, 0) is 20.0 Å². The van der Waals surface area contributed by atoms with Crippen molar-refractivity contribution >= 4 is 11.9 Å². The van der Waals surface area contributed by atoms with Crippen LogP contribution in [0.4, 0.5) is 5.95 Å². The molecule has 1 amide bonds. The monoisotopic (exact) mass is 395 g/mol. The number of hydrogen-bond acceptors (Lipinski definition) is 6. The molecular weight excluding hydrogens is 366 g/mol. The molecule has 7 heteroatoms. The van der Waals surface area contributed by atoms with Gasteiger partial charge in [0.25, 0.3) is 5.91 Å². The maximum Gasteiger partial charge on any atom is 0.257 e. The first kappa shape index (κ1) is 20.8. The van der Waals surface area contributed by atoms with E-state index < -0.39 is 0 Å². The number of aryl methyl sites for hydroxylation is 1. The summed E-state index contributed by atoms with van der Waals surface area (Å²) >= 11 is 0. The normalized spacial score (nSPS) is 14.5. The minimum absolute atomic E-state index is 0.113. The number of amides is 1. The molecule has 0 unspecified atom stereocenters. The lowest BCUT2D eigenvalue weighted by Gasteiger charge is -2.32. The van der Waals surface area contributed by atoms with Gasteiger partial charge in [-0.3, -0.25) is 4.79 Å². The Morgan fingerprint density at radius 2 is 2.00 bits per heavy atom. The zero-order chi connectivity index (χ0) is 20.8. The Kier molecular flexibility index (Phi) is 6.82. The van der Waals surface area contributed by atoms with Crippen LogP contribution in [0, 0.1) is 6.92 Å². The number of methoxy groups -OCH3 is 1. The Morgan fingerprint density at radius 1 is 1.28 bits per heavy atom. The molecule has 1 aromatic carbocycles. The van der Waals surface area contributed by atoms with Crippen LogP contribution in [0.2, 0.25) is 0 Å². The molecule has 0 atom stereocenters. The molecule has 1 aliphatic heterocycles. The van der Waals surface area contributed by atoms with Crippen molar-refractivity contribution in [2.24, 2.45) is 0 Å². The summed E-state index contributed by atoms with van der Waals surface area (Å²) in [5.74, 6) is 1.33. The molecule has 7 nitrogen and oxygen atoms in total. The van der Waals surface area contributed by atoms with Crippen LogP contribution in [-0.4, -0.2) is 72.6 Å². The van der Waals surface area contributed by atoms with Gasteiger partial charge in [0.15, 0.2) is 0 Å². The summed E-state index contributed by atoms with van der Waals surface area (Å²) in [6, 6.07) is 7.71. The van der Waals surface area contributed by atoms with Crippen LogP contribution < -0.4 is 9.64 Å². The maximum absolute atomic E-state index is 13.2. The molecule has 0 aliphatic carbocycles. The second-order valence-electron chi connectivity index (χ2n) is 7.25. The predicted octanol–water partition coefficient (Wildman–Crippen LogP) is 2.37. The van der Waals surface area contributed by atoms with Gasteiger partial charge in [0, 0.05) is 51.0 Å². The third-order valence-corrected chi connectivity index (χ3v) is 5.17. The number of para-hydroxylation sites is 1. The standard InChI is InChI=1S/C22H29N5O2/c1-5-10-27(16-18-8-6-7-9-20(18)29-4)21(28)19-15-23-22(24-17(19)2)26-13-11-25(3)12-14-26/h5-9,15H,1,10-14,16H2,2-4H3. The molecule has 2 heterocycles. The van der Waals surface area contributed by atoms with Gasteiger partial charge in [-0.15, -0.1) is 6.58 Å². The van der Waals surface area contributed by atoms with Gasteiger partial charge in [0.05, 0.1) is 18.4 Å². The van der Waals surface area contributed by atoms with Gasteiger partial charge in [-0.2, -0.15) is 0 Å². The second-order valence-corrected chi connectivity index (χ2v) is 7.25. The first-order valence-electron chi connectivity index (χ1n) is 9.82. The van der Waals surface area contributed by atoms with E-state index in [0.29, 0.717) is 30.3 Å². The lowest BCUT2D eigenvalue weighted by atomic mass is 10.1. The molecule has 1 aromatic heterocycles. The molecular formula is C22H29N5O2. The molecule has 3 rings (SSSR count). The van der Waals surface area contributed by atoms with Crippen LogP contribution in [0.1, 0.15) is 21.6 Å². The van der Waals surface area contributed by atoms with E-state index in [9.17, 15) is 4.79 Å². The van der Waals surface area contributed by atoms with Crippen molar-refractivity contribution in [3.8, 4) is 5.75 Å². The highest BCUT2D eigenvalue weighted by Crippen LogP contribution is 2.21. The predicted molar refractivity (Wildman–Crippen MR) is 114 cm³/mol. The number of benzene rings is 1. The number of piperazine rings is 1. The Balaban J connectivity index is 1.79. The molecule has 0 bridgehead atoms. The summed E-state index contributed by atoms with van der Waals surface area (Å²) < 4.78 is 5.43. The molecule has 0 saturated carbocycles. The van der Waals surface area contributed by atoms with Crippen LogP contribution in [-0.2, 0) is 6.54 Å². The van der Waals surface area contributed by atoms with E-state index in [1.807, 2.05) is 31.2 Å². The molecule has 0 N–H and O–H groups in total. The topological polar surface area (TPSA) is 61.8 Å². The van der Waals surface area contributed by atoms with Gasteiger partial charge in [-0.25, -0.2) is 9.97 Å². The SMILES string of the molecule is C=CCN(Cc1ccccc1OC)C(=O)c1cnc(N2CCN(C)CC2)nc1C. The van der Waals surface area contributed by atoms with Crippen molar-refractivity contribution in [1.82, 2.24) is 19.8 Å².